The second-order valence-electron chi connectivity index (χ2n) is 8.83. The highest BCUT2D eigenvalue weighted by Crippen LogP contribution is 2.41. The fraction of sp³-hybridized carbons (Fsp3) is 0.545. The second-order valence-corrected chi connectivity index (χ2v) is 9.94. The number of carboxylic acid groups (broad SMARTS) is 1. The largest absolute Gasteiger partial charge is 0.479 e. The van der Waals surface area contributed by atoms with Gasteiger partial charge in [-0.05, 0) is 30.9 Å². The average Bonchev–Trinajstić information content (AvgIpc) is 2.86. The molecule has 13 nitrogen and oxygen atoms in total. The maximum atomic E-state index is 13.0. The van der Waals surface area contributed by atoms with Crippen LogP contribution in [0.1, 0.15) is 19.8 Å². The summed E-state index contributed by atoms with van der Waals surface area (Å²) in [5, 5.41) is 41.1. The molecule has 0 bridgehead atoms. The third-order valence-corrected chi connectivity index (χ3v) is 7.83. The van der Waals surface area contributed by atoms with Crippen molar-refractivity contribution in [2.75, 3.05) is 5.75 Å². The number of thioether (sulfide) groups is 1. The van der Waals surface area contributed by atoms with Crippen LogP contribution in [0.25, 0.3) is 0 Å². The maximum Gasteiger partial charge on any atom is 0.357 e. The predicted molar refractivity (Wildman–Crippen MR) is 123 cm³/mol. The zero-order valence-corrected chi connectivity index (χ0v) is 20.0. The second kappa shape index (κ2) is 10.3. The summed E-state index contributed by atoms with van der Waals surface area (Å²) in [6, 6.07) is -1.84. The number of nitrogens with zero attached hydrogens (tertiary/aromatic N) is 1. The van der Waals surface area contributed by atoms with Crippen LogP contribution in [0.4, 0.5) is 0 Å². The SMILES string of the molecule is CC1=C(C(=O)OC2OC(C(=O)O)C(O)C(O)C2O)N2C(=O)[C@@H](NC(=O)[C@H](N)C3=CCC=CC3)[C@H]2SC1. The number of hydrogen-bond acceptors (Lipinski definition) is 11. The van der Waals surface area contributed by atoms with Gasteiger partial charge in [0.05, 0.1) is 0 Å². The number of nitrogens with one attached hydrogen (secondary N) is 1. The van der Waals surface area contributed by atoms with Gasteiger partial charge in [0.25, 0.3) is 5.91 Å². The number of aliphatic carboxylic acids is 1. The summed E-state index contributed by atoms with van der Waals surface area (Å²) in [6.45, 7) is 1.59. The highest BCUT2D eigenvalue weighted by Gasteiger charge is 2.55. The monoisotopic (exact) mass is 525 g/mol. The van der Waals surface area contributed by atoms with Crippen LogP contribution in [0.5, 0.6) is 0 Å². The molecule has 2 saturated heterocycles. The molecular formula is C22H27N3O10S. The molecule has 0 aromatic carbocycles. The van der Waals surface area contributed by atoms with Crippen LogP contribution in [0.2, 0.25) is 0 Å². The lowest BCUT2D eigenvalue weighted by Gasteiger charge is -2.50. The van der Waals surface area contributed by atoms with Gasteiger partial charge in [-0.15, -0.1) is 11.8 Å². The van der Waals surface area contributed by atoms with Crippen molar-refractivity contribution in [3.63, 3.8) is 0 Å². The van der Waals surface area contributed by atoms with Crippen LogP contribution in [-0.2, 0) is 28.7 Å². The molecule has 3 heterocycles. The average molecular weight is 526 g/mol. The summed E-state index contributed by atoms with van der Waals surface area (Å²) >= 11 is 1.32. The lowest BCUT2D eigenvalue weighted by molar-refractivity contribution is -0.285. The van der Waals surface area contributed by atoms with Gasteiger partial charge in [0.2, 0.25) is 12.2 Å². The smallest absolute Gasteiger partial charge is 0.357 e. The number of carbonyl (C=O) groups excluding carboxylic acids is 3. The molecule has 5 unspecified atom stereocenters. The van der Waals surface area contributed by atoms with E-state index < -0.39 is 71.9 Å². The van der Waals surface area contributed by atoms with Crippen LogP contribution in [-0.4, -0.2) is 103 Å². The Balaban J connectivity index is 1.43. The molecular weight excluding hydrogens is 498 g/mol. The highest BCUT2D eigenvalue weighted by molar-refractivity contribution is 8.00. The first-order valence-corrected chi connectivity index (χ1v) is 12.3. The molecule has 8 atom stereocenters. The van der Waals surface area contributed by atoms with Crippen LogP contribution in [0.15, 0.2) is 35.1 Å². The van der Waals surface area contributed by atoms with E-state index in [1.54, 1.807) is 6.92 Å². The quantitative estimate of drug-likeness (QED) is 0.123. The van der Waals surface area contributed by atoms with E-state index in [0.29, 0.717) is 24.2 Å². The molecule has 0 radical (unpaired) electrons. The fourth-order valence-corrected chi connectivity index (χ4v) is 5.65. The number of hydrogen-bond donors (Lipinski definition) is 6. The van der Waals surface area contributed by atoms with E-state index in [-0.39, 0.29) is 5.70 Å². The van der Waals surface area contributed by atoms with Crippen LogP contribution >= 0.6 is 11.8 Å². The van der Waals surface area contributed by atoms with Crippen molar-refractivity contribution in [3.8, 4) is 0 Å². The van der Waals surface area contributed by atoms with Gasteiger partial charge in [-0.2, -0.15) is 0 Å². The number of aliphatic hydroxyl groups excluding tert-OH is 3. The predicted octanol–water partition coefficient (Wildman–Crippen LogP) is -2.30. The van der Waals surface area contributed by atoms with Crippen LogP contribution < -0.4 is 11.1 Å². The number of carbonyl (C=O) groups is 4. The Labute approximate surface area is 209 Å². The van der Waals surface area contributed by atoms with E-state index in [4.69, 9.17) is 20.3 Å². The molecule has 0 saturated carbocycles. The van der Waals surface area contributed by atoms with Crippen molar-refractivity contribution >= 4 is 35.5 Å². The summed E-state index contributed by atoms with van der Waals surface area (Å²) in [6.07, 6.45) is -2.75. The summed E-state index contributed by atoms with van der Waals surface area (Å²) in [5.41, 5.74) is 7.13. The number of allylic oxidation sites excluding steroid dienone is 3. The van der Waals surface area contributed by atoms with E-state index in [1.807, 2.05) is 18.2 Å². The van der Waals surface area contributed by atoms with Gasteiger partial charge in [-0.25, -0.2) is 9.59 Å². The Morgan fingerprint density at radius 1 is 1.22 bits per heavy atom. The minimum atomic E-state index is -1.95. The van der Waals surface area contributed by atoms with Gasteiger partial charge in [0, 0.05) is 5.75 Å². The van der Waals surface area contributed by atoms with Crippen molar-refractivity contribution < 1.29 is 49.1 Å². The summed E-state index contributed by atoms with van der Waals surface area (Å²) in [7, 11) is 0. The minimum absolute atomic E-state index is 0.137. The van der Waals surface area contributed by atoms with Crippen molar-refractivity contribution in [1.82, 2.24) is 10.2 Å². The minimum Gasteiger partial charge on any atom is -0.479 e. The third-order valence-electron chi connectivity index (χ3n) is 6.40. The highest BCUT2D eigenvalue weighted by atomic mass is 32.2. The number of nitrogens with two attached hydrogens (primary N) is 1. The Morgan fingerprint density at radius 2 is 1.94 bits per heavy atom. The normalized spacial score (nSPS) is 34.8. The molecule has 0 aromatic rings. The maximum absolute atomic E-state index is 13.0. The van der Waals surface area contributed by atoms with Crippen molar-refractivity contribution in [2.45, 2.75) is 67.9 Å². The molecule has 36 heavy (non-hydrogen) atoms. The zero-order chi connectivity index (χ0) is 26.3. The molecule has 2 fully saturated rings. The van der Waals surface area contributed by atoms with E-state index in [9.17, 15) is 34.5 Å². The van der Waals surface area contributed by atoms with Crippen LogP contribution in [0.3, 0.4) is 0 Å². The van der Waals surface area contributed by atoms with Gasteiger partial charge in [0.1, 0.15) is 41.5 Å². The van der Waals surface area contributed by atoms with Gasteiger partial charge in [-0.1, -0.05) is 18.2 Å². The first-order chi connectivity index (χ1) is 17.0. The first kappa shape index (κ1) is 26.3. The standard InChI is InChI=1S/C22H27N3O10S/c1-8-7-36-19-11(24-17(29)10(23)9-5-3-2-4-6-9)18(30)25(19)12(8)21(33)35-22-15(28)13(26)14(27)16(34-22)20(31)32/h2-3,6,10-11,13-16,19,22,26-28H,4-5,7,23H2,1H3,(H,24,29)(H,31,32)/t10-,11-,13?,14?,15?,16?,19-,22?/m1/s1. The van der Waals surface area contributed by atoms with E-state index >= 15 is 0 Å². The molecule has 1 aliphatic carbocycles. The zero-order valence-electron chi connectivity index (χ0n) is 19.1. The number of aliphatic hydroxyl groups is 3. The van der Waals surface area contributed by atoms with Gasteiger partial charge in [-0.3, -0.25) is 14.5 Å². The van der Waals surface area contributed by atoms with Crippen molar-refractivity contribution in [3.05, 3.63) is 35.1 Å². The Morgan fingerprint density at radius 3 is 2.58 bits per heavy atom. The number of β-lactam (4-membered cyclic amide) rings is 1. The molecule has 4 rings (SSSR count). The van der Waals surface area contributed by atoms with Gasteiger partial charge < -0.3 is 41.0 Å². The lowest BCUT2D eigenvalue weighted by Crippen LogP contribution is -2.71. The first-order valence-electron chi connectivity index (χ1n) is 11.2. The van der Waals surface area contributed by atoms with Gasteiger partial charge >= 0.3 is 11.9 Å². The Bertz CT molecular complexity index is 1060. The molecule has 2 amide bonds. The Kier molecular flexibility index (Phi) is 7.54. The molecule has 3 aliphatic heterocycles. The number of esters is 1. The number of fused-ring (bicyclic) bond motifs is 1. The fourth-order valence-electron chi connectivity index (χ4n) is 4.36. The Hall–Kier alpha value is -2.75. The molecule has 0 aromatic heterocycles. The summed E-state index contributed by atoms with van der Waals surface area (Å²) in [4.78, 5) is 51.0. The molecule has 7 N–H and O–H groups in total. The third kappa shape index (κ3) is 4.67. The topological polar surface area (TPSA) is 209 Å². The molecule has 196 valence electrons. The van der Waals surface area contributed by atoms with Crippen molar-refractivity contribution in [2.24, 2.45) is 5.73 Å². The van der Waals surface area contributed by atoms with E-state index in [2.05, 4.69) is 5.32 Å². The summed E-state index contributed by atoms with van der Waals surface area (Å²) in [5.74, 6) is -3.49. The number of carboxylic acids is 1. The molecule has 0 spiro atoms. The van der Waals surface area contributed by atoms with Crippen molar-refractivity contribution in [1.29, 1.82) is 0 Å². The van der Waals surface area contributed by atoms with Gasteiger partial charge in [0.15, 0.2) is 6.10 Å². The molecule has 14 heteroatoms. The number of amides is 2. The lowest BCUT2D eigenvalue weighted by atomic mass is 9.97. The number of ether oxygens (including phenoxy) is 2. The van der Waals surface area contributed by atoms with E-state index in [1.165, 1.54) is 11.8 Å². The molecule has 4 aliphatic rings. The summed E-state index contributed by atoms with van der Waals surface area (Å²) < 4.78 is 10.1. The number of rotatable bonds is 6. The van der Waals surface area contributed by atoms with E-state index in [0.717, 1.165) is 10.5 Å². The van der Waals surface area contributed by atoms with Crippen LogP contribution in [0, 0.1) is 0 Å².